The number of thioether (sulfide) groups is 1. The Morgan fingerprint density at radius 3 is 2.44 bits per heavy atom. The zero-order valence-electron chi connectivity index (χ0n) is 9.22. The topological polar surface area (TPSA) is 64.7 Å². The predicted molar refractivity (Wildman–Crippen MR) is 58.2 cm³/mol. The van der Waals surface area contributed by atoms with Gasteiger partial charge in [0.25, 0.3) is 0 Å². The highest BCUT2D eigenvalue weighted by Gasteiger charge is 2.38. The third-order valence-corrected chi connectivity index (χ3v) is 3.83. The highest BCUT2D eigenvalue weighted by Crippen LogP contribution is 2.37. The lowest BCUT2D eigenvalue weighted by Gasteiger charge is -2.02. The van der Waals surface area contributed by atoms with Crippen molar-refractivity contribution < 1.29 is 17.6 Å². The van der Waals surface area contributed by atoms with Gasteiger partial charge in [0.1, 0.15) is 5.01 Å². The van der Waals surface area contributed by atoms with E-state index in [0.717, 1.165) is 5.01 Å². The molecule has 5 nitrogen and oxygen atoms in total. The van der Waals surface area contributed by atoms with Crippen LogP contribution in [0.1, 0.15) is 29.0 Å². The zero-order valence-corrected chi connectivity index (χ0v) is 10.9. The lowest BCUT2D eigenvalue weighted by Crippen LogP contribution is -2.04. The van der Waals surface area contributed by atoms with E-state index < -0.39 is 17.3 Å². The van der Waals surface area contributed by atoms with Gasteiger partial charge in [-0.1, -0.05) is 23.1 Å². The molecule has 0 aliphatic carbocycles. The van der Waals surface area contributed by atoms with Crippen LogP contribution in [-0.2, 0) is 6.18 Å². The third kappa shape index (κ3) is 2.99. The van der Waals surface area contributed by atoms with Gasteiger partial charge in [-0.3, -0.25) is 0 Å². The maximum Gasteiger partial charge on any atom is 0.470 e. The van der Waals surface area contributed by atoms with Gasteiger partial charge in [0.05, 0.1) is 5.25 Å². The van der Waals surface area contributed by atoms with Gasteiger partial charge in [0, 0.05) is 0 Å². The molecule has 18 heavy (non-hydrogen) atoms. The summed E-state index contributed by atoms with van der Waals surface area (Å²) in [7, 11) is 0. The first kappa shape index (κ1) is 13.3. The second kappa shape index (κ2) is 4.84. The molecule has 0 amide bonds. The first-order chi connectivity index (χ1) is 8.36. The van der Waals surface area contributed by atoms with Crippen LogP contribution in [0.3, 0.4) is 0 Å². The average Bonchev–Trinajstić information content (AvgIpc) is 2.85. The molecule has 2 aromatic rings. The van der Waals surface area contributed by atoms with Gasteiger partial charge in [-0.25, -0.2) is 0 Å². The van der Waals surface area contributed by atoms with Gasteiger partial charge in [0.15, 0.2) is 4.34 Å². The standard InChI is InChI=1S/C8H7F3N4OS2/c1-3(17-7-15-12-4(2)18-7)5-13-14-6(16-5)8(9,10)11/h3H,1-2H3/t3-/m0/s1. The summed E-state index contributed by atoms with van der Waals surface area (Å²) >= 11 is 2.57. The third-order valence-electron chi connectivity index (χ3n) is 1.82. The number of aromatic nitrogens is 4. The van der Waals surface area contributed by atoms with Crippen molar-refractivity contribution in [2.45, 2.75) is 29.6 Å². The van der Waals surface area contributed by atoms with Crippen molar-refractivity contribution in [2.24, 2.45) is 0 Å². The van der Waals surface area contributed by atoms with Crippen LogP contribution in [0.15, 0.2) is 8.76 Å². The maximum absolute atomic E-state index is 12.3. The van der Waals surface area contributed by atoms with Crippen molar-refractivity contribution in [2.75, 3.05) is 0 Å². The van der Waals surface area contributed by atoms with Crippen LogP contribution < -0.4 is 0 Å². The second-order valence-corrected chi connectivity index (χ2v) is 6.06. The van der Waals surface area contributed by atoms with Crippen LogP contribution >= 0.6 is 23.1 Å². The van der Waals surface area contributed by atoms with Crippen molar-refractivity contribution >= 4 is 23.1 Å². The number of rotatable bonds is 3. The summed E-state index contributed by atoms with van der Waals surface area (Å²) in [4.78, 5) is 0. The molecule has 98 valence electrons. The summed E-state index contributed by atoms with van der Waals surface area (Å²) in [5.41, 5.74) is 0. The molecular formula is C8H7F3N4OS2. The lowest BCUT2D eigenvalue weighted by molar-refractivity contribution is -0.157. The fourth-order valence-electron chi connectivity index (χ4n) is 1.04. The minimum atomic E-state index is -4.62. The van der Waals surface area contributed by atoms with Crippen LogP contribution in [-0.4, -0.2) is 20.4 Å². The average molecular weight is 296 g/mol. The van der Waals surface area contributed by atoms with E-state index in [1.165, 1.54) is 23.1 Å². The Labute approximate surface area is 108 Å². The largest absolute Gasteiger partial charge is 0.470 e. The van der Waals surface area contributed by atoms with Crippen LogP contribution in [0, 0.1) is 6.92 Å². The van der Waals surface area contributed by atoms with Crippen molar-refractivity contribution in [1.29, 1.82) is 0 Å². The molecule has 0 N–H and O–H groups in total. The smallest absolute Gasteiger partial charge is 0.416 e. The van der Waals surface area contributed by atoms with Gasteiger partial charge in [0.2, 0.25) is 5.89 Å². The molecule has 0 fully saturated rings. The molecular weight excluding hydrogens is 289 g/mol. The number of alkyl halides is 3. The van der Waals surface area contributed by atoms with Crippen LogP contribution in [0.2, 0.25) is 0 Å². The maximum atomic E-state index is 12.3. The molecule has 0 radical (unpaired) electrons. The Morgan fingerprint density at radius 1 is 1.22 bits per heavy atom. The van der Waals surface area contributed by atoms with Crippen molar-refractivity contribution in [3.63, 3.8) is 0 Å². The van der Waals surface area contributed by atoms with Gasteiger partial charge in [-0.15, -0.1) is 20.4 Å². The Hall–Kier alpha value is -1.16. The molecule has 0 bridgehead atoms. The highest BCUT2D eigenvalue weighted by atomic mass is 32.2. The minimum absolute atomic E-state index is 0.0832. The van der Waals surface area contributed by atoms with E-state index in [1.807, 2.05) is 0 Å². The quantitative estimate of drug-likeness (QED) is 0.811. The van der Waals surface area contributed by atoms with Crippen molar-refractivity contribution in [3.05, 3.63) is 16.8 Å². The van der Waals surface area contributed by atoms with E-state index in [-0.39, 0.29) is 5.89 Å². The molecule has 0 unspecified atom stereocenters. The number of hydrogen-bond donors (Lipinski definition) is 0. The number of halogens is 3. The molecule has 0 aliphatic heterocycles. The Morgan fingerprint density at radius 2 is 1.94 bits per heavy atom. The summed E-state index contributed by atoms with van der Waals surface area (Å²) in [5, 5.41) is 14.4. The lowest BCUT2D eigenvalue weighted by atomic mass is 10.5. The SMILES string of the molecule is Cc1nnc(S[C@@H](C)c2nnc(C(F)(F)F)o2)s1. The van der Waals surface area contributed by atoms with Crippen LogP contribution in [0.25, 0.3) is 0 Å². The Balaban J connectivity index is 2.09. The van der Waals surface area contributed by atoms with Gasteiger partial charge in [-0.05, 0) is 13.8 Å². The van der Waals surface area contributed by atoms with E-state index in [2.05, 4.69) is 24.8 Å². The van der Waals surface area contributed by atoms with Gasteiger partial charge >= 0.3 is 12.1 Å². The normalized spacial score (nSPS) is 13.8. The highest BCUT2D eigenvalue weighted by molar-refractivity contribution is 8.01. The van der Waals surface area contributed by atoms with E-state index >= 15 is 0 Å². The van der Waals surface area contributed by atoms with Crippen molar-refractivity contribution in [3.8, 4) is 0 Å². The van der Waals surface area contributed by atoms with Gasteiger partial charge < -0.3 is 4.42 Å². The first-order valence-electron chi connectivity index (χ1n) is 4.73. The molecule has 0 aromatic carbocycles. The number of hydrogen-bond acceptors (Lipinski definition) is 7. The molecule has 0 saturated carbocycles. The Kier molecular flexibility index (Phi) is 3.57. The molecule has 2 aromatic heterocycles. The molecule has 10 heteroatoms. The minimum Gasteiger partial charge on any atom is -0.416 e. The fraction of sp³-hybridized carbons (Fsp3) is 0.500. The van der Waals surface area contributed by atoms with E-state index in [1.54, 1.807) is 13.8 Å². The summed E-state index contributed by atoms with van der Waals surface area (Å²) < 4.78 is 42.0. The first-order valence-corrected chi connectivity index (χ1v) is 6.43. The summed E-state index contributed by atoms with van der Waals surface area (Å²) in [6.07, 6.45) is -4.62. The van der Waals surface area contributed by atoms with E-state index in [0.29, 0.717) is 4.34 Å². The molecule has 2 heterocycles. The van der Waals surface area contributed by atoms with Crippen LogP contribution in [0.5, 0.6) is 0 Å². The van der Waals surface area contributed by atoms with Crippen molar-refractivity contribution in [1.82, 2.24) is 20.4 Å². The molecule has 0 aliphatic rings. The van der Waals surface area contributed by atoms with Crippen LogP contribution in [0.4, 0.5) is 13.2 Å². The molecule has 0 spiro atoms. The van der Waals surface area contributed by atoms with E-state index in [4.69, 9.17) is 0 Å². The fourth-order valence-corrected chi connectivity index (χ4v) is 3.03. The Bertz CT molecular complexity index is 538. The predicted octanol–water partition coefficient (Wildman–Crippen LogP) is 3.10. The monoisotopic (exact) mass is 296 g/mol. The summed E-state index contributed by atoms with van der Waals surface area (Å²) in [6.45, 7) is 3.45. The van der Waals surface area contributed by atoms with E-state index in [9.17, 15) is 13.2 Å². The number of aryl methyl sites for hydroxylation is 1. The molecule has 0 saturated heterocycles. The van der Waals surface area contributed by atoms with Gasteiger partial charge in [-0.2, -0.15) is 13.2 Å². The molecule has 2 rings (SSSR count). The molecule has 1 atom stereocenters. The summed E-state index contributed by atoms with van der Waals surface area (Å²) in [6, 6.07) is 0. The summed E-state index contributed by atoms with van der Waals surface area (Å²) in [5.74, 6) is -1.42. The second-order valence-electron chi connectivity index (χ2n) is 3.29. The number of nitrogens with zero attached hydrogens (tertiary/aromatic N) is 4. The zero-order chi connectivity index (χ0) is 13.3.